The summed E-state index contributed by atoms with van der Waals surface area (Å²) in [5, 5.41) is 3.21. The van der Waals surface area contributed by atoms with Gasteiger partial charge in [0.1, 0.15) is 0 Å². The molecule has 1 aliphatic carbocycles. The molecule has 0 unspecified atom stereocenters. The number of nitrogens with one attached hydrogen (secondary N) is 1. The molecular formula is C22H31N3O2. The van der Waals surface area contributed by atoms with Crippen LogP contribution in [-0.4, -0.2) is 53.5 Å². The van der Waals surface area contributed by atoms with E-state index in [1.165, 1.54) is 5.56 Å². The second-order valence-corrected chi connectivity index (χ2v) is 8.40. The van der Waals surface area contributed by atoms with Gasteiger partial charge in [-0.25, -0.2) is 4.79 Å². The number of rotatable bonds is 3. The van der Waals surface area contributed by atoms with Crippen molar-refractivity contribution >= 4 is 11.9 Å². The largest absolute Gasteiger partial charge is 0.342 e. The molecule has 3 aliphatic rings. The molecule has 3 fully saturated rings. The molecule has 5 heteroatoms. The topological polar surface area (TPSA) is 52.7 Å². The minimum atomic E-state index is -0.0231. The molecule has 4 rings (SSSR count). The number of benzene rings is 1. The molecule has 2 saturated heterocycles. The average Bonchev–Trinajstić information content (AvgIpc) is 3.29. The van der Waals surface area contributed by atoms with Crippen molar-refractivity contribution in [2.75, 3.05) is 19.6 Å². The van der Waals surface area contributed by atoms with Crippen molar-refractivity contribution in [2.24, 2.45) is 11.8 Å². The molecule has 0 bridgehead atoms. The van der Waals surface area contributed by atoms with E-state index in [0.717, 1.165) is 38.8 Å². The number of amides is 3. The van der Waals surface area contributed by atoms with Crippen LogP contribution >= 0.6 is 0 Å². The fourth-order valence-electron chi connectivity index (χ4n) is 5.47. The molecule has 2 heterocycles. The van der Waals surface area contributed by atoms with Crippen LogP contribution < -0.4 is 5.32 Å². The first-order valence-electron chi connectivity index (χ1n) is 10.5. The van der Waals surface area contributed by atoms with Crippen molar-refractivity contribution < 1.29 is 9.59 Å². The van der Waals surface area contributed by atoms with Gasteiger partial charge in [0, 0.05) is 25.6 Å². The van der Waals surface area contributed by atoms with Crippen molar-refractivity contribution in [3.8, 4) is 0 Å². The summed E-state index contributed by atoms with van der Waals surface area (Å²) in [5.41, 5.74) is 1.29. The summed E-state index contributed by atoms with van der Waals surface area (Å²) in [6.45, 7) is 6.75. The maximum absolute atomic E-state index is 13.4. The first kappa shape index (κ1) is 18.3. The van der Waals surface area contributed by atoms with Crippen LogP contribution in [0.2, 0.25) is 0 Å². The van der Waals surface area contributed by atoms with Crippen molar-refractivity contribution in [2.45, 2.75) is 57.5 Å². The van der Waals surface area contributed by atoms with E-state index in [0.29, 0.717) is 12.5 Å². The zero-order valence-electron chi connectivity index (χ0n) is 16.4. The van der Waals surface area contributed by atoms with Crippen molar-refractivity contribution in [1.29, 1.82) is 0 Å². The lowest BCUT2D eigenvalue weighted by Gasteiger charge is -2.32. The third-order valence-corrected chi connectivity index (χ3v) is 7.01. The highest BCUT2D eigenvalue weighted by Crippen LogP contribution is 2.43. The molecule has 146 valence electrons. The molecule has 0 aromatic heterocycles. The van der Waals surface area contributed by atoms with Crippen LogP contribution in [0.15, 0.2) is 30.3 Å². The van der Waals surface area contributed by atoms with E-state index in [4.69, 9.17) is 0 Å². The molecule has 0 spiro atoms. The minimum absolute atomic E-state index is 0.0231. The summed E-state index contributed by atoms with van der Waals surface area (Å²) < 4.78 is 0. The Bertz CT molecular complexity index is 686. The Kier molecular flexibility index (Phi) is 5.11. The summed E-state index contributed by atoms with van der Waals surface area (Å²) in [4.78, 5) is 29.9. The molecule has 3 amide bonds. The van der Waals surface area contributed by atoms with E-state index >= 15 is 0 Å². The number of carbonyl (C=O) groups excluding carboxylic acids is 2. The normalized spacial score (nSPS) is 33.6. The van der Waals surface area contributed by atoms with Crippen LogP contribution in [0.1, 0.15) is 51.0 Å². The molecule has 1 aromatic carbocycles. The van der Waals surface area contributed by atoms with Crippen LogP contribution in [0.25, 0.3) is 0 Å². The van der Waals surface area contributed by atoms with Gasteiger partial charge in [-0.15, -0.1) is 0 Å². The van der Waals surface area contributed by atoms with Gasteiger partial charge < -0.3 is 15.1 Å². The number of nitrogens with zero attached hydrogens (tertiary/aromatic N) is 2. The smallest absolute Gasteiger partial charge is 0.317 e. The average molecular weight is 370 g/mol. The number of likely N-dealkylation sites (tertiary alicyclic amines) is 1. The van der Waals surface area contributed by atoms with E-state index < -0.39 is 0 Å². The molecular weight excluding hydrogens is 338 g/mol. The van der Waals surface area contributed by atoms with Gasteiger partial charge in [-0.1, -0.05) is 37.3 Å². The highest BCUT2D eigenvalue weighted by molar-refractivity contribution is 5.81. The van der Waals surface area contributed by atoms with Crippen LogP contribution in [0.3, 0.4) is 0 Å². The lowest BCUT2D eigenvalue weighted by Crippen LogP contribution is -2.42. The summed E-state index contributed by atoms with van der Waals surface area (Å²) in [5.74, 6) is 0.832. The Morgan fingerprint density at radius 3 is 2.52 bits per heavy atom. The van der Waals surface area contributed by atoms with Gasteiger partial charge in [0.25, 0.3) is 0 Å². The zero-order valence-corrected chi connectivity index (χ0v) is 16.4. The summed E-state index contributed by atoms with van der Waals surface area (Å²) in [7, 11) is 0. The Labute approximate surface area is 162 Å². The molecule has 5 nitrogen and oxygen atoms in total. The van der Waals surface area contributed by atoms with Gasteiger partial charge in [0.05, 0.1) is 12.1 Å². The molecule has 5 atom stereocenters. The maximum atomic E-state index is 13.4. The predicted octanol–water partition coefficient (Wildman–Crippen LogP) is 3.22. The number of urea groups is 1. The van der Waals surface area contributed by atoms with Gasteiger partial charge in [0.15, 0.2) is 0 Å². The molecule has 0 radical (unpaired) electrons. The van der Waals surface area contributed by atoms with E-state index in [9.17, 15) is 9.59 Å². The van der Waals surface area contributed by atoms with E-state index in [2.05, 4.69) is 41.4 Å². The van der Waals surface area contributed by atoms with Gasteiger partial charge in [-0.05, 0) is 50.0 Å². The van der Waals surface area contributed by atoms with Crippen molar-refractivity contribution in [1.82, 2.24) is 15.1 Å². The SMILES string of the molecule is CCN1C(=O)N[C@H]2C[C@@H](c3ccccc3)[C@@H](C)[C@@H](C(=O)N3CCCC3)C[C@H]21. The lowest BCUT2D eigenvalue weighted by atomic mass is 9.77. The summed E-state index contributed by atoms with van der Waals surface area (Å²) in [6.07, 6.45) is 3.91. The van der Waals surface area contributed by atoms with Gasteiger partial charge in [-0.2, -0.15) is 0 Å². The Hall–Kier alpha value is -2.04. The van der Waals surface area contributed by atoms with Crippen molar-refractivity contribution in [3.63, 3.8) is 0 Å². The molecule has 1 aromatic rings. The molecule has 1 N–H and O–H groups in total. The third-order valence-electron chi connectivity index (χ3n) is 7.01. The van der Waals surface area contributed by atoms with Crippen LogP contribution in [0.4, 0.5) is 4.79 Å². The number of carbonyl (C=O) groups is 2. The monoisotopic (exact) mass is 369 g/mol. The Balaban J connectivity index is 1.68. The van der Waals surface area contributed by atoms with Crippen LogP contribution in [0.5, 0.6) is 0 Å². The molecule has 2 aliphatic heterocycles. The zero-order chi connectivity index (χ0) is 19.0. The number of hydrogen-bond acceptors (Lipinski definition) is 2. The van der Waals surface area contributed by atoms with E-state index in [-0.39, 0.29) is 35.9 Å². The second-order valence-electron chi connectivity index (χ2n) is 8.40. The third kappa shape index (κ3) is 3.32. The highest BCUT2D eigenvalue weighted by Gasteiger charge is 2.48. The summed E-state index contributed by atoms with van der Waals surface area (Å²) in [6, 6.07) is 10.8. The van der Waals surface area contributed by atoms with Crippen LogP contribution in [-0.2, 0) is 4.79 Å². The Morgan fingerprint density at radius 2 is 1.85 bits per heavy atom. The predicted molar refractivity (Wildman–Crippen MR) is 105 cm³/mol. The standard InChI is InChI=1S/C22H31N3O2/c1-3-25-20-14-18(21(26)24-11-7-8-12-24)15(2)17(13-19(20)23-22(25)27)16-9-5-4-6-10-16/h4-6,9-10,15,17-20H,3,7-8,11-14H2,1-2H3,(H,23,27)/t15-,17-,18+,19+,20-/m1/s1. The van der Waals surface area contributed by atoms with Crippen molar-refractivity contribution in [3.05, 3.63) is 35.9 Å². The quantitative estimate of drug-likeness (QED) is 0.889. The lowest BCUT2D eigenvalue weighted by molar-refractivity contribution is -0.136. The fourth-order valence-corrected chi connectivity index (χ4v) is 5.47. The fraction of sp³-hybridized carbons (Fsp3) is 0.636. The van der Waals surface area contributed by atoms with E-state index in [1.807, 2.05) is 17.9 Å². The number of likely N-dealkylation sites (N-methyl/N-ethyl adjacent to an activating group) is 1. The van der Waals surface area contributed by atoms with Crippen LogP contribution in [0, 0.1) is 11.8 Å². The summed E-state index contributed by atoms with van der Waals surface area (Å²) >= 11 is 0. The molecule has 1 saturated carbocycles. The molecule has 27 heavy (non-hydrogen) atoms. The Morgan fingerprint density at radius 1 is 1.15 bits per heavy atom. The number of fused-ring (bicyclic) bond motifs is 1. The first-order valence-corrected chi connectivity index (χ1v) is 10.5. The van der Waals surface area contributed by atoms with E-state index in [1.54, 1.807) is 0 Å². The van der Waals surface area contributed by atoms with Gasteiger partial charge in [0.2, 0.25) is 5.91 Å². The highest BCUT2D eigenvalue weighted by atomic mass is 16.2. The van der Waals surface area contributed by atoms with Gasteiger partial charge in [-0.3, -0.25) is 4.79 Å². The number of hydrogen-bond donors (Lipinski definition) is 1. The minimum Gasteiger partial charge on any atom is -0.342 e. The maximum Gasteiger partial charge on any atom is 0.317 e. The van der Waals surface area contributed by atoms with Gasteiger partial charge >= 0.3 is 6.03 Å². The second kappa shape index (κ2) is 7.53. The first-order chi connectivity index (χ1) is 13.1.